The first kappa shape index (κ1) is 15.4. The monoisotopic (exact) mass is 330 g/mol. The zero-order valence-electron chi connectivity index (χ0n) is 12.4. The summed E-state index contributed by atoms with van der Waals surface area (Å²) in [5.41, 5.74) is 0. The zero-order valence-corrected chi connectivity index (χ0v) is 14.0. The maximum absolute atomic E-state index is 12.9. The molecule has 2 unspecified atom stereocenters. The second-order valence-electron chi connectivity index (χ2n) is 5.82. The third-order valence-electron chi connectivity index (χ3n) is 4.29. The summed E-state index contributed by atoms with van der Waals surface area (Å²) >= 11 is 1.51. The fraction of sp³-hybridized carbons (Fsp3) is 0.714. The Labute approximate surface area is 130 Å². The highest BCUT2D eigenvalue weighted by molar-refractivity contribution is 7.89. The molecule has 21 heavy (non-hydrogen) atoms. The van der Waals surface area contributed by atoms with Crippen molar-refractivity contribution in [3.05, 3.63) is 16.3 Å². The number of nitrogens with zero attached hydrogens (tertiary/aromatic N) is 1. The number of thiophene rings is 1. The van der Waals surface area contributed by atoms with Crippen LogP contribution in [0.2, 0.25) is 0 Å². The molecule has 1 aliphatic heterocycles. The van der Waals surface area contributed by atoms with E-state index < -0.39 is 10.0 Å². The van der Waals surface area contributed by atoms with Gasteiger partial charge < -0.3 is 10.1 Å². The Kier molecular flexibility index (Phi) is 4.38. The number of rotatable bonds is 6. The van der Waals surface area contributed by atoms with Gasteiger partial charge in [-0.3, -0.25) is 0 Å². The summed E-state index contributed by atoms with van der Waals surface area (Å²) in [6.07, 6.45) is 3.11. The number of sulfonamides is 1. The van der Waals surface area contributed by atoms with Crippen LogP contribution in [-0.4, -0.2) is 44.6 Å². The Balaban J connectivity index is 1.78. The van der Waals surface area contributed by atoms with E-state index in [2.05, 4.69) is 5.32 Å². The van der Waals surface area contributed by atoms with Gasteiger partial charge in [0, 0.05) is 31.1 Å². The lowest BCUT2D eigenvalue weighted by atomic mass is 10.2. The largest absolute Gasteiger partial charge is 0.377 e. The van der Waals surface area contributed by atoms with E-state index in [4.69, 9.17) is 4.74 Å². The van der Waals surface area contributed by atoms with Crippen molar-refractivity contribution in [2.24, 2.45) is 0 Å². The van der Waals surface area contributed by atoms with Crippen LogP contribution in [0.5, 0.6) is 0 Å². The minimum absolute atomic E-state index is 0.0450. The molecular weight excluding hydrogens is 308 g/mol. The molecule has 2 fully saturated rings. The van der Waals surface area contributed by atoms with Gasteiger partial charge in [0.15, 0.2) is 0 Å². The van der Waals surface area contributed by atoms with Gasteiger partial charge in [-0.15, -0.1) is 11.3 Å². The lowest BCUT2D eigenvalue weighted by molar-refractivity contribution is 0.102. The Morgan fingerprint density at radius 2 is 2.19 bits per heavy atom. The van der Waals surface area contributed by atoms with E-state index in [1.807, 2.05) is 12.3 Å². The molecule has 5 nitrogen and oxygen atoms in total. The van der Waals surface area contributed by atoms with E-state index in [1.54, 1.807) is 13.1 Å². The molecule has 0 amide bonds. The van der Waals surface area contributed by atoms with E-state index in [0.717, 1.165) is 11.3 Å². The molecule has 7 heteroatoms. The van der Waals surface area contributed by atoms with Gasteiger partial charge in [0.05, 0.1) is 17.0 Å². The average Bonchev–Trinajstić information content (AvgIpc) is 2.98. The molecule has 3 rings (SSSR count). The highest BCUT2D eigenvalue weighted by Gasteiger charge is 2.36. The summed E-state index contributed by atoms with van der Waals surface area (Å²) in [6.45, 7) is 3.21. The lowest BCUT2D eigenvalue weighted by Gasteiger charge is -2.26. The first-order valence-corrected chi connectivity index (χ1v) is 9.71. The molecule has 2 heterocycles. The predicted octanol–water partition coefficient (Wildman–Crippen LogP) is 1.80. The molecule has 1 aromatic heterocycles. The predicted molar refractivity (Wildman–Crippen MR) is 82.9 cm³/mol. The van der Waals surface area contributed by atoms with Crippen LogP contribution >= 0.6 is 11.3 Å². The molecule has 1 aromatic rings. The number of hydrogen-bond donors (Lipinski definition) is 1. The Hall–Kier alpha value is -0.470. The van der Waals surface area contributed by atoms with Crippen LogP contribution in [0.3, 0.4) is 0 Å². The molecule has 1 saturated heterocycles. The molecule has 118 valence electrons. The quantitative estimate of drug-likeness (QED) is 0.864. The minimum Gasteiger partial charge on any atom is -0.377 e. The normalized spacial score (nSPS) is 26.6. The number of likely N-dealkylation sites (N-methyl/N-ethyl adjacent to an activating group) is 1. The van der Waals surface area contributed by atoms with E-state index in [-0.39, 0.29) is 12.1 Å². The van der Waals surface area contributed by atoms with Crippen molar-refractivity contribution < 1.29 is 13.2 Å². The smallest absolute Gasteiger partial charge is 0.244 e. The van der Waals surface area contributed by atoms with E-state index in [9.17, 15) is 8.42 Å². The van der Waals surface area contributed by atoms with Gasteiger partial charge in [-0.05, 0) is 37.6 Å². The standard InChI is InChI=1S/C14H22N2O3S2/c1-10-12(5-7-19-10)16(2)21(17,18)14-6-8-20-13(14)9-15-11-3-4-11/h6,8,10-12,15H,3-5,7,9H2,1-2H3. The highest BCUT2D eigenvalue weighted by atomic mass is 32.2. The molecule has 1 aliphatic carbocycles. The molecular formula is C14H22N2O3S2. The van der Waals surface area contributed by atoms with Crippen molar-refractivity contribution in [3.8, 4) is 0 Å². The fourth-order valence-electron chi connectivity index (χ4n) is 2.74. The average molecular weight is 330 g/mol. The van der Waals surface area contributed by atoms with E-state index in [0.29, 0.717) is 24.1 Å². The van der Waals surface area contributed by atoms with Crippen molar-refractivity contribution >= 4 is 21.4 Å². The van der Waals surface area contributed by atoms with Crippen molar-refractivity contribution in [1.82, 2.24) is 9.62 Å². The van der Waals surface area contributed by atoms with Crippen LogP contribution in [0.25, 0.3) is 0 Å². The molecule has 2 aliphatic rings. The van der Waals surface area contributed by atoms with Gasteiger partial charge in [-0.1, -0.05) is 0 Å². The number of nitrogens with one attached hydrogen (secondary N) is 1. The van der Waals surface area contributed by atoms with E-state index in [1.165, 1.54) is 28.5 Å². The zero-order chi connectivity index (χ0) is 15.0. The summed E-state index contributed by atoms with van der Waals surface area (Å²) in [4.78, 5) is 1.35. The Bertz CT molecular complexity index is 595. The van der Waals surface area contributed by atoms with E-state index >= 15 is 0 Å². The molecule has 1 N–H and O–H groups in total. The second-order valence-corrected chi connectivity index (χ2v) is 8.78. The van der Waals surface area contributed by atoms with Crippen molar-refractivity contribution in [1.29, 1.82) is 0 Å². The molecule has 0 spiro atoms. The lowest BCUT2D eigenvalue weighted by Crippen LogP contribution is -2.41. The summed E-state index contributed by atoms with van der Waals surface area (Å²) in [7, 11) is -1.78. The third kappa shape index (κ3) is 3.17. The van der Waals surface area contributed by atoms with Gasteiger partial charge in [-0.2, -0.15) is 4.31 Å². The van der Waals surface area contributed by atoms with Gasteiger partial charge in [0.1, 0.15) is 0 Å². The van der Waals surface area contributed by atoms with Crippen molar-refractivity contribution in [2.75, 3.05) is 13.7 Å². The van der Waals surface area contributed by atoms with Crippen LogP contribution in [0.15, 0.2) is 16.3 Å². The first-order chi connectivity index (χ1) is 10.00. The fourth-order valence-corrected chi connectivity index (χ4v) is 5.55. The van der Waals surface area contributed by atoms with Crippen LogP contribution in [0, 0.1) is 0 Å². The molecule has 1 saturated carbocycles. The van der Waals surface area contributed by atoms with Gasteiger partial charge in [-0.25, -0.2) is 8.42 Å². The number of ether oxygens (including phenoxy) is 1. The SMILES string of the molecule is CC1OCCC1N(C)S(=O)(=O)c1ccsc1CNC1CC1. The van der Waals surface area contributed by atoms with Crippen LogP contribution < -0.4 is 5.32 Å². The molecule has 0 bridgehead atoms. The van der Waals surface area contributed by atoms with Crippen LogP contribution in [0.4, 0.5) is 0 Å². The van der Waals surface area contributed by atoms with Crippen LogP contribution in [0.1, 0.15) is 31.1 Å². The maximum Gasteiger partial charge on any atom is 0.244 e. The topological polar surface area (TPSA) is 58.6 Å². The molecule has 2 atom stereocenters. The summed E-state index contributed by atoms with van der Waals surface area (Å²) in [6, 6.07) is 2.23. The minimum atomic E-state index is -3.45. The van der Waals surface area contributed by atoms with Gasteiger partial charge in [0.25, 0.3) is 0 Å². The Morgan fingerprint density at radius 1 is 1.43 bits per heavy atom. The second kappa shape index (κ2) is 5.96. The van der Waals surface area contributed by atoms with Gasteiger partial charge in [0.2, 0.25) is 10.0 Å². The van der Waals surface area contributed by atoms with Crippen molar-refractivity contribution in [2.45, 2.75) is 55.8 Å². The third-order valence-corrected chi connectivity index (χ3v) is 7.31. The molecule has 0 aromatic carbocycles. The van der Waals surface area contributed by atoms with Crippen molar-refractivity contribution in [3.63, 3.8) is 0 Å². The summed E-state index contributed by atoms with van der Waals surface area (Å²) in [5, 5.41) is 5.25. The first-order valence-electron chi connectivity index (χ1n) is 7.39. The van der Waals surface area contributed by atoms with Crippen LogP contribution in [-0.2, 0) is 21.3 Å². The molecule has 0 radical (unpaired) electrons. The maximum atomic E-state index is 12.9. The Morgan fingerprint density at radius 3 is 2.81 bits per heavy atom. The summed E-state index contributed by atoms with van der Waals surface area (Å²) < 4.78 is 32.7. The summed E-state index contributed by atoms with van der Waals surface area (Å²) in [5.74, 6) is 0. The van der Waals surface area contributed by atoms with Gasteiger partial charge >= 0.3 is 0 Å². The highest BCUT2D eigenvalue weighted by Crippen LogP contribution is 2.30. The number of hydrogen-bond acceptors (Lipinski definition) is 5.